The summed E-state index contributed by atoms with van der Waals surface area (Å²) in [5.41, 5.74) is -0.107. The second kappa shape index (κ2) is 6.46. The zero-order chi connectivity index (χ0) is 20.3. The van der Waals surface area contributed by atoms with Crippen molar-refractivity contribution in [2.75, 3.05) is 0 Å². The number of benzene rings is 1. The molecule has 5 atom stereocenters. The van der Waals surface area contributed by atoms with Crippen molar-refractivity contribution >= 4 is 11.7 Å². The predicted octanol–water partition coefficient (Wildman–Crippen LogP) is 1.90. The fraction of sp³-hybridized carbons (Fsp3) is 0.611. The van der Waals surface area contributed by atoms with Crippen molar-refractivity contribution in [1.82, 2.24) is 0 Å². The highest BCUT2D eigenvalue weighted by atomic mass is 16.9. The van der Waals surface area contributed by atoms with E-state index >= 15 is 0 Å². The van der Waals surface area contributed by atoms with E-state index in [1.54, 1.807) is 27.7 Å². The molecule has 0 aromatic heterocycles. The molecule has 0 radical (unpaired) electrons. The average molecular weight is 395 g/mol. The van der Waals surface area contributed by atoms with Crippen molar-refractivity contribution in [3.63, 3.8) is 0 Å². The number of ether oxygens (including phenoxy) is 6. The molecule has 28 heavy (non-hydrogen) atoms. The SMILES string of the molecule is CC1(C)O[C@@H]2[C@@H](O1)[C@H](C(=O)Oc1ccc([N+](=O)[O-])cc1)O[C@H]1OC(C)(C)O[C@@H]12. The van der Waals surface area contributed by atoms with Gasteiger partial charge in [-0.15, -0.1) is 0 Å². The number of fused-ring (bicyclic) bond motifs is 3. The summed E-state index contributed by atoms with van der Waals surface area (Å²) in [5.74, 6) is -2.39. The van der Waals surface area contributed by atoms with Gasteiger partial charge in [-0.05, 0) is 39.8 Å². The molecule has 10 heteroatoms. The third kappa shape index (κ3) is 3.49. The molecule has 3 aliphatic rings. The smallest absolute Gasteiger partial charge is 0.343 e. The molecular formula is C18H21NO9. The first kappa shape index (κ1) is 19.2. The number of nitrogens with zero attached hydrogens (tertiary/aromatic N) is 1. The van der Waals surface area contributed by atoms with Gasteiger partial charge in [-0.1, -0.05) is 0 Å². The minimum absolute atomic E-state index is 0.107. The van der Waals surface area contributed by atoms with Crippen molar-refractivity contribution in [3.8, 4) is 5.75 Å². The standard InChI is InChI=1S/C18H21NO9/c1-17(2)25-11-12(26-17)14-16(28-18(3,4)27-14)24-13(11)15(20)23-10-7-5-9(6-8-10)19(21)22/h5-8,11-14,16H,1-4H3/t11-,12-,13-,14-,16+/m1/s1. The molecule has 3 aliphatic heterocycles. The van der Waals surface area contributed by atoms with Crippen LogP contribution in [0.3, 0.4) is 0 Å². The monoisotopic (exact) mass is 395 g/mol. The van der Waals surface area contributed by atoms with Crippen molar-refractivity contribution in [1.29, 1.82) is 0 Å². The molecule has 1 aromatic rings. The lowest BCUT2D eigenvalue weighted by Gasteiger charge is -2.35. The van der Waals surface area contributed by atoms with Gasteiger partial charge < -0.3 is 28.4 Å². The lowest BCUT2D eigenvalue weighted by atomic mass is 9.99. The predicted molar refractivity (Wildman–Crippen MR) is 91.3 cm³/mol. The molecule has 0 unspecified atom stereocenters. The maximum absolute atomic E-state index is 12.8. The van der Waals surface area contributed by atoms with E-state index in [9.17, 15) is 14.9 Å². The Morgan fingerprint density at radius 2 is 1.54 bits per heavy atom. The lowest BCUT2D eigenvalue weighted by molar-refractivity contribution is -0.384. The Balaban J connectivity index is 1.54. The summed E-state index contributed by atoms with van der Waals surface area (Å²) in [6, 6.07) is 5.18. The molecule has 0 bridgehead atoms. The summed E-state index contributed by atoms with van der Waals surface area (Å²) in [6.07, 6.45) is -3.81. The largest absolute Gasteiger partial charge is 0.425 e. The highest BCUT2D eigenvalue weighted by molar-refractivity contribution is 5.78. The Kier molecular flexibility index (Phi) is 4.43. The minimum Gasteiger partial charge on any atom is -0.425 e. The molecule has 3 saturated heterocycles. The fourth-order valence-electron chi connectivity index (χ4n) is 3.61. The van der Waals surface area contributed by atoms with Gasteiger partial charge >= 0.3 is 5.97 Å². The van der Waals surface area contributed by atoms with E-state index in [0.29, 0.717) is 0 Å². The molecule has 0 amide bonds. The van der Waals surface area contributed by atoms with Crippen LogP contribution in [0.15, 0.2) is 24.3 Å². The van der Waals surface area contributed by atoms with Gasteiger partial charge in [-0.3, -0.25) is 10.1 Å². The van der Waals surface area contributed by atoms with Gasteiger partial charge in [0.2, 0.25) is 0 Å². The Labute approximate surface area is 160 Å². The van der Waals surface area contributed by atoms with E-state index in [1.807, 2.05) is 0 Å². The number of esters is 1. The van der Waals surface area contributed by atoms with Crippen LogP contribution >= 0.6 is 0 Å². The summed E-state index contributed by atoms with van der Waals surface area (Å²) < 4.78 is 34.6. The van der Waals surface area contributed by atoms with Crippen molar-refractivity contribution in [3.05, 3.63) is 34.4 Å². The molecule has 10 nitrogen and oxygen atoms in total. The fourth-order valence-corrected chi connectivity index (χ4v) is 3.61. The van der Waals surface area contributed by atoms with E-state index in [1.165, 1.54) is 24.3 Å². The first-order chi connectivity index (χ1) is 13.0. The van der Waals surface area contributed by atoms with E-state index in [0.717, 1.165) is 0 Å². The van der Waals surface area contributed by atoms with Crippen LogP contribution < -0.4 is 4.74 Å². The molecule has 3 fully saturated rings. The molecule has 0 saturated carbocycles. The highest BCUT2D eigenvalue weighted by Crippen LogP contribution is 2.44. The molecular weight excluding hydrogens is 374 g/mol. The first-order valence-electron chi connectivity index (χ1n) is 8.88. The van der Waals surface area contributed by atoms with Crippen LogP contribution in [0.5, 0.6) is 5.75 Å². The Bertz CT molecular complexity index is 791. The van der Waals surface area contributed by atoms with Crippen LogP contribution in [0.2, 0.25) is 0 Å². The van der Waals surface area contributed by atoms with Gasteiger partial charge in [0.25, 0.3) is 5.69 Å². The van der Waals surface area contributed by atoms with Crippen LogP contribution in [0.1, 0.15) is 27.7 Å². The molecule has 1 aromatic carbocycles. The number of nitro benzene ring substituents is 1. The van der Waals surface area contributed by atoms with Gasteiger partial charge in [0.1, 0.15) is 24.1 Å². The van der Waals surface area contributed by atoms with Gasteiger partial charge in [-0.2, -0.15) is 0 Å². The van der Waals surface area contributed by atoms with E-state index in [4.69, 9.17) is 28.4 Å². The Hall–Kier alpha value is -2.11. The van der Waals surface area contributed by atoms with Crippen LogP contribution in [0.4, 0.5) is 5.69 Å². The average Bonchev–Trinajstić information content (AvgIpc) is 3.08. The maximum atomic E-state index is 12.8. The summed E-state index contributed by atoms with van der Waals surface area (Å²) in [4.78, 5) is 23.0. The number of hydrogen-bond acceptors (Lipinski definition) is 9. The molecule has 0 N–H and O–H groups in total. The van der Waals surface area contributed by atoms with Crippen LogP contribution in [-0.4, -0.2) is 53.2 Å². The zero-order valence-electron chi connectivity index (χ0n) is 15.8. The topological polar surface area (TPSA) is 116 Å². The van der Waals surface area contributed by atoms with Gasteiger partial charge in [0, 0.05) is 12.1 Å². The normalized spacial score (nSPS) is 35.1. The number of nitro groups is 1. The van der Waals surface area contributed by atoms with Crippen molar-refractivity contribution < 1.29 is 38.1 Å². The van der Waals surface area contributed by atoms with E-state index < -0.39 is 53.2 Å². The maximum Gasteiger partial charge on any atom is 0.343 e. The van der Waals surface area contributed by atoms with Gasteiger partial charge in [0.05, 0.1) is 4.92 Å². The second-order valence-corrected chi connectivity index (χ2v) is 7.76. The van der Waals surface area contributed by atoms with Gasteiger partial charge in [-0.25, -0.2) is 4.79 Å². The number of non-ortho nitro benzene ring substituents is 1. The summed E-state index contributed by atoms with van der Waals surface area (Å²) in [5, 5.41) is 10.7. The second-order valence-electron chi connectivity index (χ2n) is 7.76. The quantitative estimate of drug-likeness (QED) is 0.327. The van der Waals surface area contributed by atoms with Gasteiger partial charge in [0.15, 0.2) is 24.0 Å². The Morgan fingerprint density at radius 1 is 0.964 bits per heavy atom. The minimum atomic E-state index is -1.11. The summed E-state index contributed by atoms with van der Waals surface area (Å²) in [7, 11) is 0. The molecule has 0 aliphatic carbocycles. The number of carbonyl (C=O) groups is 1. The molecule has 152 valence electrons. The number of rotatable bonds is 3. The lowest BCUT2D eigenvalue weighted by Crippen LogP contribution is -2.58. The summed E-state index contributed by atoms with van der Waals surface area (Å²) in [6.45, 7) is 6.96. The Morgan fingerprint density at radius 3 is 2.18 bits per heavy atom. The van der Waals surface area contributed by atoms with E-state index in [-0.39, 0.29) is 11.4 Å². The molecule has 0 spiro atoms. The summed E-state index contributed by atoms with van der Waals surface area (Å²) >= 11 is 0. The third-order valence-electron chi connectivity index (χ3n) is 4.65. The first-order valence-corrected chi connectivity index (χ1v) is 8.88. The van der Waals surface area contributed by atoms with E-state index in [2.05, 4.69) is 0 Å². The number of hydrogen-bond donors (Lipinski definition) is 0. The highest BCUT2D eigenvalue weighted by Gasteiger charge is 2.62. The van der Waals surface area contributed by atoms with Crippen molar-refractivity contribution in [2.24, 2.45) is 0 Å². The molecule has 4 rings (SSSR count). The van der Waals surface area contributed by atoms with Crippen molar-refractivity contribution in [2.45, 2.75) is 70.0 Å². The zero-order valence-corrected chi connectivity index (χ0v) is 15.8. The molecule has 3 heterocycles. The van der Waals surface area contributed by atoms with Crippen LogP contribution in [0.25, 0.3) is 0 Å². The van der Waals surface area contributed by atoms with Crippen LogP contribution in [-0.2, 0) is 28.5 Å². The number of carbonyl (C=O) groups excluding carboxylic acids is 1. The third-order valence-corrected chi connectivity index (χ3v) is 4.65. The van der Waals surface area contributed by atoms with Crippen LogP contribution in [0, 0.1) is 10.1 Å².